The van der Waals surface area contributed by atoms with E-state index in [0.717, 1.165) is 21.8 Å². The lowest BCUT2D eigenvalue weighted by molar-refractivity contribution is 1.28. The highest BCUT2D eigenvalue weighted by atomic mass is 15.1. The summed E-state index contributed by atoms with van der Waals surface area (Å²) in [5.74, 6) is 0. The van der Waals surface area contributed by atoms with Crippen LogP contribution >= 0.6 is 0 Å². The Balaban J connectivity index is 0.000000144. The van der Waals surface area contributed by atoms with Crippen LogP contribution in [0.5, 0.6) is 0 Å². The van der Waals surface area contributed by atoms with E-state index in [0.29, 0.717) is 0 Å². The van der Waals surface area contributed by atoms with E-state index in [1.165, 1.54) is 17.1 Å². The van der Waals surface area contributed by atoms with Gasteiger partial charge >= 0.3 is 0 Å². The number of hydrogen-bond donors (Lipinski definition) is 0. The van der Waals surface area contributed by atoms with Gasteiger partial charge in [0.15, 0.2) is 0 Å². The fraction of sp³-hybridized carbons (Fsp3) is 0. The molecule has 0 radical (unpaired) electrons. The second kappa shape index (κ2) is 9.75. The van der Waals surface area contributed by atoms with Crippen molar-refractivity contribution in [2.24, 2.45) is 0 Å². The van der Waals surface area contributed by atoms with Crippen LogP contribution in [0.15, 0.2) is 140 Å². The van der Waals surface area contributed by atoms with Crippen LogP contribution in [0.25, 0.3) is 21.8 Å². The van der Waals surface area contributed by atoms with Gasteiger partial charge in [-0.3, -0.25) is 9.97 Å². The second-order valence-electron chi connectivity index (χ2n) is 7.55. The molecule has 4 aromatic carbocycles. The smallest absolute Gasteiger partial charge is 0.0795 e. The predicted octanol–water partition coefficient (Wildman–Crippen LogP) is 7.94. The molecule has 0 aliphatic carbocycles. The number of fused-ring (bicyclic) bond motifs is 3. The first-order valence-corrected chi connectivity index (χ1v) is 10.9. The van der Waals surface area contributed by atoms with Crippen molar-refractivity contribution in [1.29, 1.82) is 0 Å². The largest absolute Gasteiger partial charge is 0.311 e. The zero-order chi connectivity index (χ0) is 22.3. The van der Waals surface area contributed by atoms with Crippen molar-refractivity contribution in [3.63, 3.8) is 0 Å². The van der Waals surface area contributed by atoms with Crippen molar-refractivity contribution in [1.82, 2.24) is 9.97 Å². The van der Waals surface area contributed by atoms with Gasteiger partial charge in [0, 0.05) is 40.2 Å². The van der Waals surface area contributed by atoms with Crippen molar-refractivity contribution in [3.05, 3.63) is 140 Å². The molecule has 0 spiro atoms. The summed E-state index contributed by atoms with van der Waals surface area (Å²) in [6.45, 7) is 0. The van der Waals surface area contributed by atoms with Gasteiger partial charge in [-0.15, -0.1) is 0 Å². The normalized spacial score (nSPS) is 10.4. The van der Waals surface area contributed by atoms with Crippen molar-refractivity contribution in [2.75, 3.05) is 4.90 Å². The Kier molecular flexibility index (Phi) is 6.03. The molecule has 0 aliphatic heterocycles. The quantitative estimate of drug-likeness (QED) is 0.269. The lowest BCUT2D eigenvalue weighted by Gasteiger charge is -2.25. The minimum absolute atomic E-state index is 0.999. The van der Waals surface area contributed by atoms with Crippen LogP contribution in [0, 0.1) is 0 Å². The molecule has 0 saturated heterocycles. The SMILES string of the molecule is c1ccc(N(c2ccccc2)c2ccccc2)cc1.c1cnc2c(c1)ccc1ncccc12. The van der Waals surface area contributed by atoms with E-state index < -0.39 is 0 Å². The van der Waals surface area contributed by atoms with E-state index in [1.807, 2.05) is 42.6 Å². The van der Waals surface area contributed by atoms with Crippen LogP contribution in [-0.4, -0.2) is 9.97 Å². The van der Waals surface area contributed by atoms with Gasteiger partial charge < -0.3 is 4.90 Å². The van der Waals surface area contributed by atoms with Crippen molar-refractivity contribution in [2.45, 2.75) is 0 Å². The van der Waals surface area contributed by atoms with Crippen LogP contribution < -0.4 is 4.90 Å². The van der Waals surface area contributed by atoms with E-state index in [1.54, 1.807) is 6.20 Å². The van der Waals surface area contributed by atoms with Crippen molar-refractivity contribution < 1.29 is 0 Å². The van der Waals surface area contributed by atoms with Crippen molar-refractivity contribution >= 4 is 38.9 Å². The maximum atomic E-state index is 4.37. The number of para-hydroxylation sites is 3. The lowest BCUT2D eigenvalue weighted by atomic mass is 10.1. The van der Waals surface area contributed by atoms with E-state index >= 15 is 0 Å². The number of rotatable bonds is 3. The summed E-state index contributed by atoms with van der Waals surface area (Å²) in [7, 11) is 0. The Bertz CT molecular complexity index is 1300. The topological polar surface area (TPSA) is 29.0 Å². The van der Waals surface area contributed by atoms with E-state index in [-0.39, 0.29) is 0 Å². The predicted molar refractivity (Wildman–Crippen MR) is 138 cm³/mol. The molecule has 0 saturated carbocycles. The van der Waals surface area contributed by atoms with Gasteiger partial charge in [-0.1, -0.05) is 66.7 Å². The van der Waals surface area contributed by atoms with Gasteiger partial charge in [0.1, 0.15) is 0 Å². The first-order chi connectivity index (χ1) is 16.4. The number of benzene rings is 4. The molecule has 2 heterocycles. The maximum absolute atomic E-state index is 4.37. The number of pyridine rings is 2. The zero-order valence-electron chi connectivity index (χ0n) is 18.1. The summed E-state index contributed by atoms with van der Waals surface area (Å²) in [6, 6.07) is 43.3. The van der Waals surface area contributed by atoms with E-state index in [2.05, 4.69) is 106 Å². The molecule has 2 aromatic heterocycles. The fourth-order valence-electron chi connectivity index (χ4n) is 3.87. The van der Waals surface area contributed by atoms with E-state index in [4.69, 9.17) is 0 Å². The van der Waals surface area contributed by atoms with Gasteiger partial charge in [-0.25, -0.2) is 0 Å². The molecule has 0 aliphatic rings. The first kappa shape index (κ1) is 20.4. The molecule has 3 heteroatoms. The van der Waals surface area contributed by atoms with Crippen LogP contribution in [0.4, 0.5) is 17.1 Å². The fourth-order valence-corrected chi connectivity index (χ4v) is 3.87. The van der Waals surface area contributed by atoms with Gasteiger partial charge in [-0.05, 0) is 60.7 Å². The molecule has 6 rings (SSSR count). The molecular formula is C30H23N3. The summed E-state index contributed by atoms with van der Waals surface area (Å²) in [4.78, 5) is 10.9. The third kappa shape index (κ3) is 4.58. The molecule has 158 valence electrons. The summed E-state index contributed by atoms with van der Waals surface area (Å²) < 4.78 is 0. The Morgan fingerprint density at radius 3 is 1.52 bits per heavy atom. The highest BCUT2D eigenvalue weighted by Gasteiger charge is 2.10. The van der Waals surface area contributed by atoms with Crippen LogP contribution in [-0.2, 0) is 0 Å². The molecule has 0 atom stereocenters. The summed E-state index contributed by atoms with van der Waals surface area (Å²) in [5.41, 5.74) is 5.52. The van der Waals surface area contributed by atoms with Crippen LogP contribution in [0.2, 0.25) is 0 Å². The minimum atomic E-state index is 0.999. The first-order valence-electron chi connectivity index (χ1n) is 10.9. The van der Waals surface area contributed by atoms with Gasteiger partial charge in [-0.2, -0.15) is 0 Å². The summed E-state index contributed by atoms with van der Waals surface area (Å²) >= 11 is 0. The average molecular weight is 426 g/mol. The highest BCUT2D eigenvalue weighted by Crippen LogP contribution is 2.33. The summed E-state index contributed by atoms with van der Waals surface area (Å²) in [5, 5.41) is 2.28. The molecule has 0 bridgehead atoms. The van der Waals surface area contributed by atoms with Crippen LogP contribution in [0.1, 0.15) is 0 Å². The summed E-state index contributed by atoms with van der Waals surface area (Å²) in [6.07, 6.45) is 3.62. The Hall–Kier alpha value is -4.50. The molecule has 0 fully saturated rings. The Morgan fingerprint density at radius 2 is 0.939 bits per heavy atom. The second-order valence-corrected chi connectivity index (χ2v) is 7.55. The number of anilines is 3. The molecule has 0 amide bonds. The van der Waals surface area contributed by atoms with Gasteiger partial charge in [0.2, 0.25) is 0 Å². The molecule has 0 unspecified atom stereocenters. The number of aromatic nitrogens is 2. The monoisotopic (exact) mass is 425 g/mol. The highest BCUT2D eigenvalue weighted by molar-refractivity contribution is 6.03. The minimum Gasteiger partial charge on any atom is -0.311 e. The van der Waals surface area contributed by atoms with Gasteiger partial charge in [0.05, 0.1) is 11.0 Å². The molecule has 6 aromatic rings. The zero-order valence-corrected chi connectivity index (χ0v) is 18.1. The Labute approximate surface area is 193 Å². The molecule has 33 heavy (non-hydrogen) atoms. The third-order valence-corrected chi connectivity index (χ3v) is 5.40. The third-order valence-electron chi connectivity index (χ3n) is 5.40. The molecule has 3 nitrogen and oxygen atoms in total. The lowest BCUT2D eigenvalue weighted by Crippen LogP contribution is -2.09. The van der Waals surface area contributed by atoms with Crippen LogP contribution in [0.3, 0.4) is 0 Å². The number of nitrogens with zero attached hydrogens (tertiary/aromatic N) is 3. The van der Waals surface area contributed by atoms with E-state index in [9.17, 15) is 0 Å². The standard InChI is InChI=1S/C18H15N.C12H8N2/c1-4-10-16(11-5-1)19(17-12-6-2-7-13-17)18-14-8-3-9-15-18;1-3-9-5-6-11-10(4-2-7-13-11)12(9)14-8-1/h1-15H;1-8H. The molecular weight excluding hydrogens is 402 g/mol. The number of hydrogen-bond acceptors (Lipinski definition) is 3. The van der Waals surface area contributed by atoms with Gasteiger partial charge in [0.25, 0.3) is 0 Å². The van der Waals surface area contributed by atoms with Crippen molar-refractivity contribution in [3.8, 4) is 0 Å². The molecule has 0 N–H and O–H groups in total. The Morgan fingerprint density at radius 1 is 0.424 bits per heavy atom. The maximum Gasteiger partial charge on any atom is 0.0795 e. The average Bonchev–Trinajstić information content (AvgIpc) is 2.91.